The van der Waals surface area contributed by atoms with Gasteiger partial charge in [-0.25, -0.2) is 0 Å². The van der Waals surface area contributed by atoms with Crippen LogP contribution in [0.1, 0.15) is 12.8 Å². The maximum absolute atomic E-state index is 11.8. The molecule has 0 spiro atoms. The van der Waals surface area contributed by atoms with Crippen LogP contribution in [0.5, 0.6) is 0 Å². The van der Waals surface area contributed by atoms with Gasteiger partial charge in [-0.05, 0) is 31.5 Å². The smallest absolute Gasteiger partial charge is 0.228 e. The van der Waals surface area contributed by atoms with Gasteiger partial charge in [-0.15, -0.1) is 0 Å². The maximum atomic E-state index is 11.8. The Labute approximate surface area is 89.1 Å². The summed E-state index contributed by atoms with van der Waals surface area (Å²) >= 11 is 0. The third-order valence-electron chi connectivity index (χ3n) is 2.60. The number of carbonyl (C=O) groups is 1. The number of piperidine rings is 1. The summed E-state index contributed by atoms with van der Waals surface area (Å²) in [5.74, 6) is 0.189. The van der Waals surface area contributed by atoms with Gasteiger partial charge in [0.15, 0.2) is 0 Å². The van der Waals surface area contributed by atoms with Gasteiger partial charge in [-0.2, -0.15) is 0 Å². The fourth-order valence-electron chi connectivity index (χ4n) is 1.76. The van der Waals surface area contributed by atoms with Crippen LogP contribution in [0.25, 0.3) is 0 Å². The summed E-state index contributed by atoms with van der Waals surface area (Å²) in [6.45, 7) is 1.81. The summed E-state index contributed by atoms with van der Waals surface area (Å²) in [5, 5.41) is 6.10. The van der Waals surface area contributed by atoms with Crippen molar-refractivity contribution in [2.24, 2.45) is 5.92 Å². The second-order valence-electron chi connectivity index (χ2n) is 3.77. The zero-order chi connectivity index (χ0) is 10.5. The monoisotopic (exact) mass is 205 g/mol. The Balaban J connectivity index is 1.91. The van der Waals surface area contributed by atoms with E-state index in [-0.39, 0.29) is 11.8 Å². The predicted molar refractivity (Wildman–Crippen MR) is 58.5 cm³/mol. The van der Waals surface area contributed by atoms with E-state index >= 15 is 0 Å². The van der Waals surface area contributed by atoms with Crippen LogP contribution in [0.4, 0.5) is 5.69 Å². The highest BCUT2D eigenvalue weighted by Crippen LogP contribution is 2.13. The molecule has 1 aromatic rings. The van der Waals surface area contributed by atoms with Gasteiger partial charge in [0, 0.05) is 12.7 Å². The zero-order valence-electron chi connectivity index (χ0n) is 8.57. The highest BCUT2D eigenvalue weighted by molar-refractivity contribution is 5.92. The molecule has 0 unspecified atom stereocenters. The molecule has 0 radical (unpaired) electrons. The first kappa shape index (κ1) is 10.1. The second kappa shape index (κ2) is 4.89. The number of hydrogen-bond donors (Lipinski definition) is 2. The van der Waals surface area contributed by atoms with Crippen LogP contribution in [0.15, 0.2) is 24.5 Å². The van der Waals surface area contributed by atoms with E-state index in [0.29, 0.717) is 0 Å². The quantitative estimate of drug-likeness (QED) is 0.758. The zero-order valence-corrected chi connectivity index (χ0v) is 8.57. The topological polar surface area (TPSA) is 54.0 Å². The number of nitrogens with one attached hydrogen (secondary N) is 2. The number of amides is 1. The molecular formula is C11H15N3O. The molecule has 4 nitrogen and oxygen atoms in total. The van der Waals surface area contributed by atoms with E-state index in [1.807, 2.05) is 12.1 Å². The van der Waals surface area contributed by atoms with E-state index < -0.39 is 0 Å². The number of rotatable bonds is 2. The standard InChI is InChI=1S/C11H15N3O/c15-11(9-3-1-5-12-7-9)14-10-4-2-6-13-8-10/h2,4,6,8-9,12H,1,3,5,7H2,(H,14,15)/t9-/m1/s1. The largest absolute Gasteiger partial charge is 0.324 e. The molecule has 0 aliphatic carbocycles. The van der Waals surface area contributed by atoms with Gasteiger partial charge in [0.25, 0.3) is 0 Å². The molecule has 1 aliphatic rings. The Bertz CT molecular complexity index is 320. The van der Waals surface area contributed by atoms with Gasteiger partial charge < -0.3 is 10.6 Å². The summed E-state index contributed by atoms with van der Waals surface area (Å²) in [5.41, 5.74) is 0.771. The number of pyridine rings is 1. The molecule has 15 heavy (non-hydrogen) atoms. The average Bonchev–Trinajstić information content (AvgIpc) is 2.31. The molecule has 1 atom stereocenters. The molecule has 4 heteroatoms. The van der Waals surface area contributed by atoms with E-state index in [1.54, 1.807) is 12.4 Å². The summed E-state index contributed by atoms with van der Waals surface area (Å²) in [6, 6.07) is 3.66. The van der Waals surface area contributed by atoms with E-state index in [0.717, 1.165) is 31.6 Å². The molecule has 1 amide bonds. The molecule has 80 valence electrons. The normalized spacial score (nSPS) is 20.9. The first-order chi connectivity index (χ1) is 7.36. The Morgan fingerprint density at radius 3 is 3.20 bits per heavy atom. The first-order valence-electron chi connectivity index (χ1n) is 5.28. The van der Waals surface area contributed by atoms with Gasteiger partial charge in [0.1, 0.15) is 0 Å². The Morgan fingerprint density at radius 2 is 2.53 bits per heavy atom. The molecule has 0 aromatic carbocycles. The lowest BCUT2D eigenvalue weighted by atomic mass is 9.99. The van der Waals surface area contributed by atoms with E-state index in [2.05, 4.69) is 15.6 Å². The Morgan fingerprint density at radius 1 is 1.60 bits per heavy atom. The molecule has 0 bridgehead atoms. The van der Waals surface area contributed by atoms with Gasteiger partial charge in [0.05, 0.1) is 17.8 Å². The van der Waals surface area contributed by atoms with Crippen molar-refractivity contribution in [2.75, 3.05) is 18.4 Å². The number of carbonyl (C=O) groups excluding carboxylic acids is 1. The van der Waals surface area contributed by atoms with Gasteiger partial charge in [-0.1, -0.05) is 0 Å². The minimum Gasteiger partial charge on any atom is -0.324 e. The molecule has 2 rings (SSSR count). The van der Waals surface area contributed by atoms with Crippen molar-refractivity contribution in [1.29, 1.82) is 0 Å². The third kappa shape index (κ3) is 2.76. The van der Waals surface area contributed by atoms with Crippen molar-refractivity contribution < 1.29 is 4.79 Å². The highest BCUT2D eigenvalue weighted by Gasteiger charge is 2.20. The number of aromatic nitrogens is 1. The van der Waals surface area contributed by atoms with E-state index in [9.17, 15) is 4.79 Å². The molecule has 1 fully saturated rings. The molecule has 1 aliphatic heterocycles. The van der Waals surface area contributed by atoms with Crippen LogP contribution in [0, 0.1) is 5.92 Å². The average molecular weight is 205 g/mol. The van der Waals surface area contributed by atoms with Crippen LogP contribution >= 0.6 is 0 Å². The molecule has 1 aromatic heterocycles. The first-order valence-corrected chi connectivity index (χ1v) is 5.28. The summed E-state index contributed by atoms with van der Waals surface area (Å²) in [6.07, 6.45) is 5.40. The van der Waals surface area contributed by atoms with Gasteiger partial charge in [0.2, 0.25) is 5.91 Å². The van der Waals surface area contributed by atoms with Crippen LogP contribution in [0.3, 0.4) is 0 Å². The van der Waals surface area contributed by atoms with Gasteiger partial charge >= 0.3 is 0 Å². The SMILES string of the molecule is O=C(Nc1cccnc1)[C@@H]1CCCNC1. The van der Waals surface area contributed by atoms with Gasteiger partial charge in [-0.3, -0.25) is 9.78 Å². The predicted octanol–water partition coefficient (Wildman–Crippen LogP) is 1.02. The molecular weight excluding hydrogens is 190 g/mol. The molecule has 2 heterocycles. The second-order valence-corrected chi connectivity index (χ2v) is 3.77. The summed E-state index contributed by atoms with van der Waals surface area (Å²) in [7, 11) is 0. The fourth-order valence-corrected chi connectivity index (χ4v) is 1.76. The minimum absolute atomic E-state index is 0.0928. The van der Waals surface area contributed by atoms with Crippen LogP contribution in [0.2, 0.25) is 0 Å². The molecule has 0 saturated carbocycles. The lowest BCUT2D eigenvalue weighted by molar-refractivity contribution is -0.120. The van der Waals surface area contributed by atoms with E-state index in [1.165, 1.54) is 0 Å². The third-order valence-corrected chi connectivity index (χ3v) is 2.60. The lowest BCUT2D eigenvalue weighted by Crippen LogP contribution is -2.37. The number of hydrogen-bond acceptors (Lipinski definition) is 3. The van der Waals surface area contributed by atoms with Crippen LogP contribution in [-0.4, -0.2) is 24.0 Å². The Kier molecular flexibility index (Phi) is 3.29. The molecule has 1 saturated heterocycles. The number of anilines is 1. The van der Waals surface area contributed by atoms with Crippen molar-refractivity contribution in [3.05, 3.63) is 24.5 Å². The summed E-state index contributed by atoms with van der Waals surface area (Å²) < 4.78 is 0. The Hall–Kier alpha value is -1.42. The van der Waals surface area contributed by atoms with Crippen molar-refractivity contribution >= 4 is 11.6 Å². The van der Waals surface area contributed by atoms with Crippen molar-refractivity contribution in [3.8, 4) is 0 Å². The number of nitrogens with zero attached hydrogens (tertiary/aromatic N) is 1. The maximum Gasteiger partial charge on any atom is 0.228 e. The molecule has 2 N–H and O–H groups in total. The van der Waals surface area contributed by atoms with Crippen LogP contribution < -0.4 is 10.6 Å². The van der Waals surface area contributed by atoms with E-state index in [4.69, 9.17) is 0 Å². The van der Waals surface area contributed by atoms with Crippen LogP contribution in [-0.2, 0) is 4.79 Å². The lowest BCUT2D eigenvalue weighted by Gasteiger charge is -2.21. The van der Waals surface area contributed by atoms with Crippen molar-refractivity contribution in [1.82, 2.24) is 10.3 Å². The minimum atomic E-state index is 0.0928. The fraction of sp³-hybridized carbons (Fsp3) is 0.455. The van der Waals surface area contributed by atoms with Crippen molar-refractivity contribution in [2.45, 2.75) is 12.8 Å². The summed E-state index contributed by atoms with van der Waals surface area (Å²) in [4.78, 5) is 15.7. The highest BCUT2D eigenvalue weighted by atomic mass is 16.1. The van der Waals surface area contributed by atoms with Crippen molar-refractivity contribution in [3.63, 3.8) is 0 Å².